The van der Waals surface area contributed by atoms with Gasteiger partial charge in [0, 0.05) is 41.7 Å². The highest BCUT2D eigenvalue weighted by Gasteiger charge is 2.25. The first kappa shape index (κ1) is 29.7. The number of hydrogen-bond donors (Lipinski definition) is 2. The average molecular weight is 660 g/mol. The van der Waals surface area contributed by atoms with Crippen molar-refractivity contribution < 1.29 is 31.8 Å². The van der Waals surface area contributed by atoms with Gasteiger partial charge in [-0.15, -0.1) is 0 Å². The number of morpholine rings is 1. The molecule has 2 N–H and O–H groups in total. The molecule has 220 valence electrons. The van der Waals surface area contributed by atoms with Crippen LogP contribution in [-0.2, 0) is 26.0 Å². The van der Waals surface area contributed by atoms with Gasteiger partial charge in [0.05, 0.1) is 49.6 Å². The van der Waals surface area contributed by atoms with Crippen molar-refractivity contribution in [2.24, 2.45) is 0 Å². The first-order chi connectivity index (χ1) is 20.2. The number of nitrogens with zero attached hydrogens (tertiary/aromatic N) is 2. The number of halogens is 2. The van der Waals surface area contributed by atoms with Crippen LogP contribution in [0.1, 0.15) is 15.9 Å². The van der Waals surface area contributed by atoms with Gasteiger partial charge in [-0.2, -0.15) is 0 Å². The van der Waals surface area contributed by atoms with E-state index >= 15 is 4.39 Å². The molecule has 2 heterocycles. The van der Waals surface area contributed by atoms with Gasteiger partial charge in [0.2, 0.25) is 10.0 Å². The molecule has 1 saturated heterocycles. The third-order valence-corrected chi connectivity index (χ3v) is 8.62. The van der Waals surface area contributed by atoms with Crippen LogP contribution >= 0.6 is 15.9 Å². The highest BCUT2D eigenvalue weighted by molar-refractivity contribution is 9.10. The Hall–Kier alpha value is -3.78. The second-order valence-corrected chi connectivity index (χ2v) is 12.1. The summed E-state index contributed by atoms with van der Waals surface area (Å²) >= 11 is 3.27. The maximum absolute atomic E-state index is 15.5. The van der Waals surface area contributed by atoms with E-state index in [1.807, 2.05) is 4.90 Å². The molecule has 4 aromatic rings. The van der Waals surface area contributed by atoms with Crippen molar-refractivity contribution in [2.45, 2.75) is 11.4 Å². The Morgan fingerprint density at radius 1 is 1.10 bits per heavy atom. The summed E-state index contributed by atoms with van der Waals surface area (Å²) in [6.07, 6.45) is 1.18. The van der Waals surface area contributed by atoms with Crippen LogP contribution < -0.4 is 19.7 Å². The summed E-state index contributed by atoms with van der Waals surface area (Å²) in [7, 11) is -1.39. The van der Waals surface area contributed by atoms with Crippen molar-refractivity contribution >= 4 is 59.9 Å². The van der Waals surface area contributed by atoms with Crippen LogP contribution in [0.4, 0.5) is 21.5 Å². The fourth-order valence-corrected chi connectivity index (χ4v) is 6.16. The molecule has 0 radical (unpaired) electrons. The minimum atomic E-state index is -4.21. The minimum Gasteiger partial charge on any atom is -0.497 e. The summed E-state index contributed by atoms with van der Waals surface area (Å²) in [4.78, 5) is 18.6. The summed E-state index contributed by atoms with van der Waals surface area (Å²) in [5.74, 6) is -0.616. The topological polar surface area (TPSA) is 119 Å². The van der Waals surface area contributed by atoms with E-state index in [0.717, 1.165) is 0 Å². The zero-order valence-electron chi connectivity index (χ0n) is 22.8. The lowest BCUT2D eigenvalue weighted by atomic mass is 10.1. The van der Waals surface area contributed by atoms with E-state index in [1.54, 1.807) is 49.6 Å². The van der Waals surface area contributed by atoms with Crippen molar-refractivity contribution in [1.29, 1.82) is 0 Å². The molecule has 0 saturated carbocycles. The summed E-state index contributed by atoms with van der Waals surface area (Å²) in [5.41, 5.74) is 2.21. The Morgan fingerprint density at radius 2 is 1.83 bits per heavy atom. The number of ether oxygens (including phenoxy) is 3. The molecule has 0 atom stereocenters. The number of hydrogen-bond acceptors (Lipinski definition) is 9. The Labute approximate surface area is 251 Å². The molecule has 42 heavy (non-hydrogen) atoms. The fourth-order valence-electron chi connectivity index (χ4n) is 4.62. The molecule has 1 aliphatic heterocycles. The Kier molecular flexibility index (Phi) is 8.92. The van der Waals surface area contributed by atoms with Gasteiger partial charge >= 0.3 is 5.97 Å². The van der Waals surface area contributed by atoms with E-state index in [1.165, 1.54) is 25.4 Å². The lowest BCUT2D eigenvalue weighted by Crippen LogP contribution is -2.36. The molecule has 10 nitrogen and oxygen atoms in total. The molecule has 1 fully saturated rings. The molecule has 3 aromatic carbocycles. The second kappa shape index (κ2) is 12.6. The van der Waals surface area contributed by atoms with E-state index in [-0.39, 0.29) is 33.6 Å². The average Bonchev–Trinajstić information content (AvgIpc) is 2.99. The Morgan fingerprint density at radius 3 is 2.52 bits per heavy atom. The quantitative estimate of drug-likeness (QED) is 0.240. The molecule has 0 spiro atoms. The summed E-state index contributed by atoms with van der Waals surface area (Å²) in [6.45, 7) is 2.20. The van der Waals surface area contributed by atoms with Gasteiger partial charge in [0.15, 0.2) is 0 Å². The zero-order valence-corrected chi connectivity index (χ0v) is 25.2. The van der Waals surface area contributed by atoms with Gasteiger partial charge in [-0.05, 0) is 48.0 Å². The van der Waals surface area contributed by atoms with Crippen LogP contribution in [0.5, 0.6) is 5.75 Å². The standard InChI is InChI=1S/C29H28BrFN4O6S/c1-39-23-5-3-18(4-6-23)16-33-42(37,38)26-17-32-25-14-20(30)13-24(31)27(25)28(26)34-21-11-19(29(36)40-2)12-22(15-21)35-7-9-41-10-8-35/h3-6,11-15,17,33H,7-10,16H2,1-2H3,(H,32,34). The first-order valence-corrected chi connectivity index (χ1v) is 15.2. The van der Waals surface area contributed by atoms with E-state index in [9.17, 15) is 13.2 Å². The van der Waals surface area contributed by atoms with Crippen molar-refractivity contribution in [3.8, 4) is 5.75 Å². The van der Waals surface area contributed by atoms with Crippen molar-refractivity contribution in [2.75, 3.05) is 50.7 Å². The first-order valence-electron chi connectivity index (χ1n) is 12.9. The smallest absolute Gasteiger partial charge is 0.337 e. The molecular weight excluding hydrogens is 631 g/mol. The molecule has 0 aliphatic carbocycles. The van der Waals surface area contributed by atoms with Crippen LogP contribution in [0.2, 0.25) is 0 Å². The summed E-state index contributed by atoms with van der Waals surface area (Å²) in [5, 5.41) is 3.07. The predicted octanol–water partition coefficient (Wildman–Crippen LogP) is 4.99. The highest BCUT2D eigenvalue weighted by atomic mass is 79.9. The highest BCUT2D eigenvalue weighted by Crippen LogP contribution is 2.36. The number of carbonyl (C=O) groups is 1. The molecule has 13 heteroatoms. The number of esters is 1. The number of nitrogens with one attached hydrogen (secondary N) is 2. The Balaban J connectivity index is 1.59. The van der Waals surface area contributed by atoms with Crippen LogP contribution in [0.15, 0.2) is 70.2 Å². The van der Waals surface area contributed by atoms with Crippen molar-refractivity contribution in [3.63, 3.8) is 0 Å². The third-order valence-electron chi connectivity index (χ3n) is 6.75. The number of aromatic nitrogens is 1. The normalized spacial score (nSPS) is 13.7. The molecular formula is C29H28BrFN4O6S. The van der Waals surface area contributed by atoms with Crippen molar-refractivity contribution in [1.82, 2.24) is 9.71 Å². The van der Waals surface area contributed by atoms with Gasteiger partial charge in [-0.1, -0.05) is 28.1 Å². The summed E-state index contributed by atoms with van der Waals surface area (Å²) < 4.78 is 61.4. The lowest BCUT2D eigenvalue weighted by Gasteiger charge is -2.29. The molecule has 0 amide bonds. The maximum Gasteiger partial charge on any atom is 0.337 e. The number of pyridine rings is 1. The SMILES string of the molecule is COC(=O)c1cc(Nc2c(S(=O)(=O)NCc3ccc(OC)cc3)cnc3cc(Br)cc(F)c23)cc(N2CCOCC2)c1. The van der Waals surface area contributed by atoms with Gasteiger partial charge < -0.3 is 24.4 Å². The molecule has 1 aromatic heterocycles. The fraction of sp³-hybridized carbons (Fsp3) is 0.241. The molecule has 1 aliphatic rings. The van der Waals surface area contributed by atoms with Gasteiger partial charge in [0.25, 0.3) is 0 Å². The number of carbonyl (C=O) groups excluding carboxylic acids is 1. The number of rotatable bonds is 9. The Bertz CT molecular complexity index is 1730. The monoisotopic (exact) mass is 658 g/mol. The van der Waals surface area contributed by atoms with Gasteiger partial charge in [0.1, 0.15) is 16.5 Å². The molecule has 0 unspecified atom stereocenters. The molecule has 5 rings (SSSR count). The maximum atomic E-state index is 15.5. The van der Waals surface area contributed by atoms with E-state index in [0.29, 0.717) is 53.5 Å². The summed E-state index contributed by atoms with van der Waals surface area (Å²) in [6, 6.07) is 14.7. The van der Waals surface area contributed by atoms with Crippen LogP contribution in [-0.4, -0.2) is 59.9 Å². The van der Waals surface area contributed by atoms with E-state index in [4.69, 9.17) is 14.2 Å². The van der Waals surface area contributed by atoms with Crippen LogP contribution in [0.3, 0.4) is 0 Å². The van der Waals surface area contributed by atoms with E-state index < -0.39 is 21.8 Å². The zero-order chi connectivity index (χ0) is 29.9. The van der Waals surface area contributed by atoms with Crippen molar-refractivity contribution in [3.05, 3.63) is 82.2 Å². The number of fused-ring (bicyclic) bond motifs is 1. The van der Waals surface area contributed by atoms with Crippen LogP contribution in [0.25, 0.3) is 10.9 Å². The number of methoxy groups -OCH3 is 2. The second-order valence-electron chi connectivity index (χ2n) is 9.44. The third kappa shape index (κ3) is 6.49. The number of benzene rings is 3. The van der Waals surface area contributed by atoms with Gasteiger partial charge in [-0.25, -0.2) is 22.3 Å². The minimum absolute atomic E-state index is 0.0222. The molecule has 0 bridgehead atoms. The lowest BCUT2D eigenvalue weighted by molar-refractivity contribution is 0.0600. The van der Waals surface area contributed by atoms with E-state index in [2.05, 4.69) is 31.0 Å². The number of sulfonamides is 1. The van der Waals surface area contributed by atoms with Crippen LogP contribution in [0, 0.1) is 5.82 Å². The largest absolute Gasteiger partial charge is 0.497 e. The predicted molar refractivity (Wildman–Crippen MR) is 161 cm³/mol. The van der Waals surface area contributed by atoms with Gasteiger partial charge in [-0.3, -0.25) is 4.98 Å². The number of anilines is 3.